The lowest BCUT2D eigenvalue weighted by atomic mass is 9.97. The van der Waals surface area contributed by atoms with Crippen molar-refractivity contribution < 1.29 is 19.5 Å². The molecule has 0 amide bonds. The van der Waals surface area contributed by atoms with Crippen LogP contribution in [-0.4, -0.2) is 29.8 Å². The smallest absolute Gasteiger partial charge is 0.313 e. The van der Waals surface area contributed by atoms with Gasteiger partial charge < -0.3 is 9.94 Å². The van der Waals surface area contributed by atoms with Crippen LogP contribution in [0.25, 0.3) is 0 Å². The fraction of sp³-hybridized carbons (Fsp3) is 0.300. The molecule has 0 aromatic carbocycles. The first kappa shape index (κ1) is 11.2. The number of allylic oxidation sites excluding steroid dienone is 4. The summed E-state index contributed by atoms with van der Waals surface area (Å²) in [5.74, 6) is -1.01. The van der Waals surface area contributed by atoms with Crippen LogP contribution in [-0.2, 0) is 14.3 Å². The zero-order chi connectivity index (χ0) is 11.3. The molecule has 0 heterocycles. The number of nitrogens with zero attached hydrogens (tertiary/aromatic N) is 1. The van der Waals surface area contributed by atoms with E-state index in [1.54, 1.807) is 12.2 Å². The van der Waals surface area contributed by atoms with Crippen LogP contribution >= 0.6 is 0 Å². The summed E-state index contributed by atoms with van der Waals surface area (Å²) < 4.78 is 4.37. The van der Waals surface area contributed by atoms with E-state index in [2.05, 4.69) is 9.89 Å². The Bertz CT molecular complexity index is 366. The highest BCUT2D eigenvalue weighted by Gasteiger charge is 2.20. The van der Waals surface area contributed by atoms with Crippen LogP contribution in [0, 0.1) is 0 Å². The van der Waals surface area contributed by atoms with Gasteiger partial charge in [0, 0.05) is 12.0 Å². The highest BCUT2D eigenvalue weighted by molar-refractivity contribution is 6.25. The number of carbonyl (C=O) groups is 2. The second-order valence-electron chi connectivity index (χ2n) is 2.94. The Morgan fingerprint density at radius 1 is 1.60 bits per heavy atom. The Balaban J connectivity index is 2.78. The van der Waals surface area contributed by atoms with Crippen molar-refractivity contribution in [2.75, 3.05) is 7.11 Å². The quantitative estimate of drug-likeness (QED) is 0.323. The lowest BCUT2D eigenvalue weighted by molar-refractivity contribution is -0.142. The van der Waals surface area contributed by atoms with E-state index < -0.39 is 11.8 Å². The normalized spacial score (nSPS) is 17.4. The minimum atomic E-state index is -0.604. The largest absolute Gasteiger partial charge is 0.469 e. The number of ether oxygens (including phenoxy) is 1. The van der Waals surface area contributed by atoms with E-state index in [9.17, 15) is 9.59 Å². The van der Waals surface area contributed by atoms with Gasteiger partial charge in [-0.3, -0.25) is 9.59 Å². The van der Waals surface area contributed by atoms with Crippen molar-refractivity contribution in [2.45, 2.75) is 12.8 Å². The molecule has 0 aromatic heterocycles. The molecule has 15 heavy (non-hydrogen) atoms. The number of methoxy groups -OCH3 is 1. The molecule has 0 radical (unpaired) electrons. The Kier molecular flexibility index (Phi) is 3.79. The average Bonchev–Trinajstić information content (AvgIpc) is 2.28. The van der Waals surface area contributed by atoms with Crippen molar-refractivity contribution in [1.29, 1.82) is 0 Å². The summed E-state index contributed by atoms with van der Waals surface area (Å²) in [6.07, 6.45) is 5.00. The minimum absolute atomic E-state index is 0.255. The molecule has 0 spiro atoms. The van der Waals surface area contributed by atoms with E-state index in [1.807, 2.05) is 0 Å². The van der Waals surface area contributed by atoms with E-state index in [0.29, 0.717) is 6.42 Å². The summed E-state index contributed by atoms with van der Waals surface area (Å²) in [7, 11) is 1.21. The molecule has 5 nitrogen and oxygen atoms in total. The minimum Gasteiger partial charge on any atom is -0.469 e. The third kappa shape index (κ3) is 2.77. The van der Waals surface area contributed by atoms with Gasteiger partial charge in [0.2, 0.25) is 0 Å². The first-order valence-corrected chi connectivity index (χ1v) is 4.37. The molecular weight excluding hydrogens is 198 g/mol. The molecule has 0 bridgehead atoms. The van der Waals surface area contributed by atoms with E-state index in [4.69, 9.17) is 5.21 Å². The first-order valence-electron chi connectivity index (χ1n) is 4.37. The van der Waals surface area contributed by atoms with Crippen molar-refractivity contribution in [3.05, 3.63) is 23.8 Å². The molecule has 0 fully saturated rings. The molecule has 1 rings (SSSR count). The van der Waals surface area contributed by atoms with Gasteiger partial charge in [-0.15, -0.1) is 0 Å². The highest BCUT2D eigenvalue weighted by atomic mass is 16.5. The van der Waals surface area contributed by atoms with Gasteiger partial charge in [0.15, 0.2) is 5.78 Å². The topological polar surface area (TPSA) is 76.0 Å². The Hall–Kier alpha value is -1.91. The molecule has 0 aliphatic heterocycles. The summed E-state index contributed by atoms with van der Waals surface area (Å²) in [4.78, 5) is 22.4. The number of rotatable bonds is 3. The Morgan fingerprint density at radius 2 is 2.33 bits per heavy atom. The second kappa shape index (κ2) is 5.09. The van der Waals surface area contributed by atoms with Gasteiger partial charge in [-0.25, -0.2) is 0 Å². The molecule has 1 N–H and O–H groups in total. The Labute approximate surface area is 86.7 Å². The van der Waals surface area contributed by atoms with Crippen molar-refractivity contribution >= 4 is 17.5 Å². The molecule has 0 saturated carbocycles. The Morgan fingerprint density at radius 3 is 2.93 bits per heavy atom. The van der Waals surface area contributed by atoms with Crippen molar-refractivity contribution in [3.8, 4) is 0 Å². The zero-order valence-electron chi connectivity index (χ0n) is 8.27. The van der Waals surface area contributed by atoms with Gasteiger partial charge in [-0.2, -0.15) is 0 Å². The number of hydrogen-bond donors (Lipinski definition) is 1. The molecule has 5 heteroatoms. The molecular formula is C10H11NO4. The van der Waals surface area contributed by atoms with Crippen LogP contribution in [0.1, 0.15) is 12.8 Å². The highest BCUT2D eigenvalue weighted by Crippen LogP contribution is 2.12. The zero-order valence-corrected chi connectivity index (χ0v) is 8.27. The number of ketones is 1. The lowest BCUT2D eigenvalue weighted by Crippen LogP contribution is -2.18. The van der Waals surface area contributed by atoms with Gasteiger partial charge in [-0.05, 0) is 6.08 Å². The van der Waals surface area contributed by atoms with Crippen LogP contribution < -0.4 is 0 Å². The van der Waals surface area contributed by atoms with E-state index in [-0.39, 0.29) is 17.7 Å². The van der Waals surface area contributed by atoms with Gasteiger partial charge in [0.1, 0.15) is 6.42 Å². The number of hydrogen-bond acceptors (Lipinski definition) is 5. The van der Waals surface area contributed by atoms with Gasteiger partial charge in [0.25, 0.3) is 0 Å². The fourth-order valence-electron chi connectivity index (χ4n) is 1.20. The molecule has 0 saturated heterocycles. The molecule has 80 valence electrons. The van der Waals surface area contributed by atoms with Crippen LogP contribution in [0.3, 0.4) is 0 Å². The SMILES string of the molecule is COC(=O)CC(=O)C1=CC=CCC1=NO. The summed E-state index contributed by atoms with van der Waals surface area (Å²) in [5, 5.41) is 11.7. The van der Waals surface area contributed by atoms with Crippen molar-refractivity contribution in [1.82, 2.24) is 0 Å². The molecule has 0 atom stereocenters. The summed E-state index contributed by atoms with van der Waals surface area (Å²) in [6, 6.07) is 0. The predicted octanol–water partition coefficient (Wildman–Crippen LogP) is 0.835. The monoisotopic (exact) mass is 209 g/mol. The number of oxime groups is 1. The lowest BCUT2D eigenvalue weighted by Gasteiger charge is -2.08. The summed E-state index contributed by atoms with van der Waals surface area (Å²) in [6.45, 7) is 0. The van der Waals surface area contributed by atoms with E-state index >= 15 is 0 Å². The van der Waals surface area contributed by atoms with Gasteiger partial charge in [0.05, 0.1) is 12.8 Å². The third-order valence-electron chi connectivity index (χ3n) is 1.97. The summed E-state index contributed by atoms with van der Waals surface area (Å²) in [5.41, 5.74) is 0.525. The molecule has 1 aliphatic rings. The van der Waals surface area contributed by atoms with Crippen LogP contribution in [0.15, 0.2) is 29.0 Å². The van der Waals surface area contributed by atoms with Gasteiger partial charge >= 0.3 is 5.97 Å². The van der Waals surface area contributed by atoms with Crippen LogP contribution in [0.5, 0.6) is 0 Å². The maximum Gasteiger partial charge on any atom is 0.313 e. The second-order valence-corrected chi connectivity index (χ2v) is 2.94. The molecule has 1 aliphatic carbocycles. The fourth-order valence-corrected chi connectivity index (χ4v) is 1.20. The van der Waals surface area contributed by atoms with Crippen molar-refractivity contribution in [2.24, 2.45) is 5.16 Å². The van der Waals surface area contributed by atoms with Crippen molar-refractivity contribution in [3.63, 3.8) is 0 Å². The third-order valence-corrected chi connectivity index (χ3v) is 1.97. The van der Waals surface area contributed by atoms with E-state index in [0.717, 1.165) is 0 Å². The van der Waals surface area contributed by atoms with Crippen LogP contribution in [0.4, 0.5) is 0 Å². The predicted molar refractivity (Wildman–Crippen MR) is 52.7 cm³/mol. The average molecular weight is 209 g/mol. The standard InChI is InChI=1S/C10H11NO4/c1-15-10(13)6-9(12)7-4-2-3-5-8(7)11-14/h2-4,14H,5-6H2,1H3. The number of carbonyl (C=O) groups excluding carboxylic acids is 2. The number of Topliss-reactive ketones (excluding diaryl/α,β-unsaturated/α-hetero) is 1. The van der Waals surface area contributed by atoms with Gasteiger partial charge in [-0.1, -0.05) is 17.3 Å². The maximum atomic E-state index is 11.5. The van der Waals surface area contributed by atoms with E-state index in [1.165, 1.54) is 13.2 Å². The van der Waals surface area contributed by atoms with Crippen LogP contribution in [0.2, 0.25) is 0 Å². The number of esters is 1. The molecule has 0 unspecified atom stereocenters. The molecule has 0 aromatic rings. The summed E-state index contributed by atoms with van der Waals surface area (Å²) >= 11 is 0. The maximum absolute atomic E-state index is 11.5. The first-order chi connectivity index (χ1) is 7.19.